The van der Waals surface area contributed by atoms with Crippen LogP contribution in [0.2, 0.25) is 5.02 Å². The fourth-order valence-electron chi connectivity index (χ4n) is 1.37. The molecule has 0 aliphatic heterocycles. The van der Waals surface area contributed by atoms with E-state index in [1.54, 1.807) is 11.3 Å². The molecule has 0 aromatic carbocycles. The average molecular weight is 248 g/mol. The minimum atomic E-state index is 0.231. The van der Waals surface area contributed by atoms with E-state index in [1.807, 2.05) is 11.4 Å². The van der Waals surface area contributed by atoms with Gasteiger partial charge in [0.2, 0.25) is 0 Å². The molecule has 0 saturated heterocycles. The van der Waals surface area contributed by atoms with Crippen LogP contribution in [0.15, 0.2) is 11.4 Å². The Labute approximate surface area is 101 Å². The minimum absolute atomic E-state index is 0.231. The molecule has 1 rings (SSSR count). The van der Waals surface area contributed by atoms with Crippen molar-refractivity contribution >= 4 is 22.9 Å². The zero-order chi connectivity index (χ0) is 11.1. The lowest BCUT2D eigenvalue weighted by Crippen LogP contribution is -2.25. The van der Waals surface area contributed by atoms with E-state index >= 15 is 0 Å². The lowest BCUT2D eigenvalue weighted by atomic mass is 10.2. The van der Waals surface area contributed by atoms with Gasteiger partial charge < -0.3 is 10.1 Å². The maximum Gasteiger partial charge on any atom is 0.0670 e. The molecule has 2 nitrogen and oxygen atoms in total. The van der Waals surface area contributed by atoms with Gasteiger partial charge in [-0.05, 0) is 24.4 Å². The summed E-state index contributed by atoms with van der Waals surface area (Å²) in [4.78, 5) is 1.18. The highest BCUT2D eigenvalue weighted by Gasteiger charge is 2.14. The van der Waals surface area contributed by atoms with Crippen molar-refractivity contribution in [1.82, 2.24) is 5.32 Å². The Balaban J connectivity index is 2.53. The number of hydrogen-bond acceptors (Lipinski definition) is 3. The fraction of sp³-hybridized carbons (Fsp3) is 0.636. The first-order valence-electron chi connectivity index (χ1n) is 5.33. The summed E-state index contributed by atoms with van der Waals surface area (Å²) in [5, 5.41) is 6.24. The normalized spacial score (nSPS) is 13.0. The molecule has 0 fully saturated rings. The fourth-order valence-corrected chi connectivity index (χ4v) is 2.62. The predicted octanol–water partition coefficient (Wildman–Crippen LogP) is 3.48. The molecular weight excluding hydrogens is 230 g/mol. The quantitative estimate of drug-likeness (QED) is 0.745. The van der Waals surface area contributed by atoms with Crippen LogP contribution in [0.3, 0.4) is 0 Å². The number of thiophene rings is 1. The summed E-state index contributed by atoms with van der Waals surface area (Å²) in [5.41, 5.74) is 0. The summed E-state index contributed by atoms with van der Waals surface area (Å²) >= 11 is 7.78. The van der Waals surface area contributed by atoms with Gasteiger partial charge in [0.15, 0.2) is 0 Å². The van der Waals surface area contributed by atoms with E-state index in [-0.39, 0.29) is 6.04 Å². The number of rotatable bonds is 7. The van der Waals surface area contributed by atoms with Crippen LogP contribution < -0.4 is 5.32 Å². The van der Waals surface area contributed by atoms with E-state index in [9.17, 15) is 0 Å². The van der Waals surface area contributed by atoms with E-state index < -0.39 is 0 Å². The van der Waals surface area contributed by atoms with Crippen molar-refractivity contribution in [2.75, 3.05) is 19.8 Å². The van der Waals surface area contributed by atoms with Gasteiger partial charge in [0.05, 0.1) is 17.7 Å². The molecule has 0 bridgehead atoms. The predicted molar refractivity (Wildman–Crippen MR) is 66.9 cm³/mol. The van der Waals surface area contributed by atoms with Crippen LogP contribution in [0, 0.1) is 0 Å². The Bertz CT molecular complexity index is 277. The molecule has 0 aliphatic rings. The molecule has 1 aromatic rings. The van der Waals surface area contributed by atoms with Gasteiger partial charge in [-0.25, -0.2) is 0 Å². The van der Waals surface area contributed by atoms with E-state index in [0.29, 0.717) is 6.61 Å². The van der Waals surface area contributed by atoms with Crippen molar-refractivity contribution in [1.29, 1.82) is 0 Å². The Hall–Kier alpha value is -0.0900. The molecule has 1 heterocycles. The number of nitrogens with one attached hydrogen (secondary N) is 1. The Morgan fingerprint density at radius 1 is 1.53 bits per heavy atom. The standard InChI is InChI=1S/C11H18ClNOS/c1-3-6-14-8-10(13-4-2)11-9(12)5-7-15-11/h5,7,10,13H,3-4,6,8H2,1-2H3. The maximum absolute atomic E-state index is 6.10. The monoisotopic (exact) mass is 247 g/mol. The summed E-state index contributed by atoms with van der Waals surface area (Å²) in [5.74, 6) is 0. The van der Waals surface area contributed by atoms with Gasteiger partial charge in [-0.2, -0.15) is 0 Å². The largest absolute Gasteiger partial charge is 0.379 e. The first-order chi connectivity index (χ1) is 7.29. The molecule has 0 saturated carbocycles. The highest BCUT2D eigenvalue weighted by molar-refractivity contribution is 7.10. The van der Waals surface area contributed by atoms with Crippen LogP contribution in [-0.4, -0.2) is 19.8 Å². The summed E-state index contributed by atoms with van der Waals surface area (Å²) in [6.45, 7) is 6.63. The second-order valence-electron chi connectivity index (χ2n) is 3.32. The molecule has 0 radical (unpaired) electrons. The van der Waals surface area contributed by atoms with Gasteiger partial charge in [0, 0.05) is 11.5 Å². The summed E-state index contributed by atoms with van der Waals surface area (Å²) < 4.78 is 5.56. The van der Waals surface area contributed by atoms with Gasteiger partial charge in [0.25, 0.3) is 0 Å². The molecule has 1 aromatic heterocycles. The van der Waals surface area contributed by atoms with Crippen LogP contribution in [0.5, 0.6) is 0 Å². The van der Waals surface area contributed by atoms with Crippen LogP contribution in [0.25, 0.3) is 0 Å². The van der Waals surface area contributed by atoms with E-state index in [0.717, 1.165) is 24.6 Å². The van der Waals surface area contributed by atoms with Gasteiger partial charge in [-0.15, -0.1) is 11.3 Å². The third-order valence-electron chi connectivity index (χ3n) is 2.04. The van der Waals surface area contributed by atoms with Crippen molar-refractivity contribution < 1.29 is 4.74 Å². The van der Waals surface area contributed by atoms with Crippen LogP contribution >= 0.6 is 22.9 Å². The molecule has 15 heavy (non-hydrogen) atoms. The van der Waals surface area contributed by atoms with Crippen LogP contribution in [0.4, 0.5) is 0 Å². The Morgan fingerprint density at radius 2 is 2.33 bits per heavy atom. The lowest BCUT2D eigenvalue weighted by Gasteiger charge is -2.17. The van der Waals surface area contributed by atoms with Gasteiger partial charge in [-0.1, -0.05) is 25.4 Å². The molecule has 86 valence electrons. The van der Waals surface area contributed by atoms with Crippen molar-refractivity contribution in [3.05, 3.63) is 21.3 Å². The topological polar surface area (TPSA) is 21.3 Å². The second kappa shape index (κ2) is 7.23. The highest BCUT2D eigenvalue weighted by Crippen LogP contribution is 2.28. The molecular formula is C11H18ClNOS. The number of hydrogen-bond donors (Lipinski definition) is 1. The maximum atomic E-state index is 6.10. The summed E-state index contributed by atoms with van der Waals surface area (Å²) in [6.07, 6.45) is 1.05. The van der Waals surface area contributed by atoms with Gasteiger partial charge in [0.1, 0.15) is 0 Å². The van der Waals surface area contributed by atoms with Crippen LogP contribution in [-0.2, 0) is 4.74 Å². The second-order valence-corrected chi connectivity index (χ2v) is 4.67. The minimum Gasteiger partial charge on any atom is -0.379 e. The number of ether oxygens (including phenoxy) is 1. The molecule has 1 unspecified atom stereocenters. The Kier molecular flexibility index (Phi) is 6.25. The summed E-state index contributed by atoms with van der Waals surface area (Å²) in [6, 6.07) is 2.17. The van der Waals surface area contributed by atoms with Crippen molar-refractivity contribution in [2.24, 2.45) is 0 Å². The number of likely N-dealkylation sites (N-methyl/N-ethyl adjacent to an activating group) is 1. The molecule has 4 heteroatoms. The SMILES string of the molecule is CCCOCC(NCC)c1sccc1Cl. The molecule has 0 amide bonds. The highest BCUT2D eigenvalue weighted by atomic mass is 35.5. The van der Waals surface area contributed by atoms with E-state index in [1.165, 1.54) is 4.88 Å². The third-order valence-corrected chi connectivity index (χ3v) is 3.52. The van der Waals surface area contributed by atoms with Crippen LogP contribution in [0.1, 0.15) is 31.2 Å². The van der Waals surface area contributed by atoms with Crippen molar-refractivity contribution in [3.63, 3.8) is 0 Å². The first kappa shape index (κ1) is 13.0. The van der Waals surface area contributed by atoms with Crippen molar-refractivity contribution in [3.8, 4) is 0 Å². The zero-order valence-corrected chi connectivity index (χ0v) is 10.8. The molecule has 1 N–H and O–H groups in total. The third kappa shape index (κ3) is 4.11. The summed E-state index contributed by atoms with van der Waals surface area (Å²) in [7, 11) is 0. The van der Waals surface area contributed by atoms with Gasteiger partial charge in [-0.3, -0.25) is 0 Å². The molecule has 1 atom stereocenters. The first-order valence-corrected chi connectivity index (χ1v) is 6.59. The van der Waals surface area contributed by atoms with Gasteiger partial charge >= 0.3 is 0 Å². The van der Waals surface area contributed by atoms with Crippen molar-refractivity contribution in [2.45, 2.75) is 26.3 Å². The Morgan fingerprint density at radius 3 is 2.87 bits per heavy atom. The smallest absolute Gasteiger partial charge is 0.0670 e. The molecule has 0 aliphatic carbocycles. The average Bonchev–Trinajstić information content (AvgIpc) is 2.64. The zero-order valence-electron chi connectivity index (χ0n) is 9.25. The molecule has 0 spiro atoms. The van der Waals surface area contributed by atoms with E-state index in [2.05, 4.69) is 19.2 Å². The van der Waals surface area contributed by atoms with E-state index in [4.69, 9.17) is 16.3 Å². The lowest BCUT2D eigenvalue weighted by molar-refractivity contribution is 0.113. The number of halogens is 1.